The summed E-state index contributed by atoms with van der Waals surface area (Å²) in [6.07, 6.45) is 2.88. The molecule has 6 nitrogen and oxygen atoms in total. The number of carbonyl (C=O) groups is 1. The van der Waals surface area contributed by atoms with Gasteiger partial charge in [-0.3, -0.25) is 4.79 Å². The van der Waals surface area contributed by atoms with Crippen molar-refractivity contribution in [3.63, 3.8) is 0 Å². The molecule has 0 aliphatic heterocycles. The third-order valence-electron chi connectivity index (χ3n) is 2.16. The van der Waals surface area contributed by atoms with E-state index in [9.17, 15) is 4.79 Å². The molecule has 8 heteroatoms. The lowest BCUT2D eigenvalue weighted by Crippen LogP contribution is -2.07. The first-order valence-electron chi connectivity index (χ1n) is 6.11. The van der Waals surface area contributed by atoms with E-state index in [2.05, 4.69) is 20.1 Å². The first kappa shape index (κ1) is 17.1. The van der Waals surface area contributed by atoms with Gasteiger partial charge in [0.05, 0.1) is 11.2 Å². The quantitative estimate of drug-likeness (QED) is 0.490. The Balaban J connectivity index is 0.00000106. The van der Waals surface area contributed by atoms with Crippen LogP contribution >= 0.6 is 23.2 Å². The van der Waals surface area contributed by atoms with Gasteiger partial charge in [0, 0.05) is 6.20 Å². The molecule has 2 rings (SSSR count). The third kappa shape index (κ3) is 4.27. The van der Waals surface area contributed by atoms with Crippen LogP contribution in [0.25, 0.3) is 5.82 Å². The van der Waals surface area contributed by atoms with Crippen molar-refractivity contribution < 1.29 is 9.63 Å². The van der Waals surface area contributed by atoms with Crippen LogP contribution in [0.1, 0.15) is 30.0 Å². The molecule has 21 heavy (non-hydrogen) atoms. The molecule has 0 saturated carbocycles. The molecule has 0 aliphatic carbocycles. The standard InChI is InChI=1S/C11H8Cl2N4O2.C2H6/c1-19-15-6-7-5-9(10(13)18)17(16-7)11-8(12)3-2-4-14-11;1-2/h2-6H,1H3;1-2H3/b15-6+;. The number of oxime groups is 1. The molecule has 0 aliphatic rings. The van der Waals surface area contributed by atoms with Crippen LogP contribution in [0.5, 0.6) is 0 Å². The molecule has 2 aromatic rings. The Hall–Kier alpha value is -1.92. The van der Waals surface area contributed by atoms with E-state index in [4.69, 9.17) is 23.2 Å². The lowest BCUT2D eigenvalue weighted by atomic mass is 10.4. The molecular weight excluding hydrogens is 315 g/mol. The highest BCUT2D eigenvalue weighted by molar-refractivity contribution is 6.67. The highest BCUT2D eigenvalue weighted by Crippen LogP contribution is 2.19. The predicted octanol–water partition coefficient (Wildman–Crippen LogP) is 3.31. The van der Waals surface area contributed by atoms with Crippen LogP contribution < -0.4 is 0 Å². The fraction of sp³-hybridized carbons (Fsp3) is 0.231. The minimum Gasteiger partial charge on any atom is -0.399 e. The topological polar surface area (TPSA) is 69.4 Å². The van der Waals surface area contributed by atoms with Crippen LogP contribution in [-0.2, 0) is 4.84 Å². The molecule has 0 spiro atoms. The number of aromatic nitrogens is 3. The Morgan fingerprint density at radius 3 is 2.76 bits per heavy atom. The minimum absolute atomic E-state index is 0.139. The van der Waals surface area contributed by atoms with E-state index >= 15 is 0 Å². The summed E-state index contributed by atoms with van der Waals surface area (Å²) < 4.78 is 1.26. The number of hydrogen-bond acceptors (Lipinski definition) is 5. The van der Waals surface area contributed by atoms with Crippen molar-refractivity contribution >= 4 is 34.7 Å². The van der Waals surface area contributed by atoms with Crippen LogP contribution in [0, 0.1) is 0 Å². The van der Waals surface area contributed by atoms with Crippen LogP contribution in [0.3, 0.4) is 0 Å². The predicted molar refractivity (Wildman–Crippen MR) is 82.5 cm³/mol. The summed E-state index contributed by atoms with van der Waals surface area (Å²) >= 11 is 11.5. The molecule has 0 amide bonds. The van der Waals surface area contributed by atoms with E-state index in [-0.39, 0.29) is 5.69 Å². The normalized spacial score (nSPS) is 10.1. The van der Waals surface area contributed by atoms with Crippen LogP contribution in [0.15, 0.2) is 29.6 Å². The van der Waals surface area contributed by atoms with Gasteiger partial charge < -0.3 is 4.84 Å². The third-order valence-corrected chi connectivity index (χ3v) is 2.65. The summed E-state index contributed by atoms with van der Waals surface area (Å²) in [5, 5.41) is 7.37. The van der Waals surface area contributed by atoms with Gasteiger partial charge in [0.25, 0.3) is 5.24 Å². The van der Waals surface area contributed by atoms with Crippen molar-refractivity contribution in [3.8, 4) is 5.82 Å². The van der Waals surface area contributed by atoms with Crippen molar-refractivity contribution in [1.82, 2.24) is 14.8 Å². The minimum atomic E-state index is -0.675. The van der Waals surface area contributed by atoms with Crippen molar-refractivity contribution in [1.29, 1.82) is 0 Å². The largest absolute Gasteiger partial charge is 0.399 e. The lowest BCUT2D eigenvalue weighted by Gasteiger charge is -2.04. The summed E-state index contributed by atoms with van der Waals surface area (Å²) in [4.78, 5) is 20.0. The van der Waals surface area contributed by atoms with Crippen LogP contribution in [-0.4, -0.2) is 33.3 Å². The van der Waals surface area contributed by atoms with Crippen LogP contribution in [0.2, 0.25) is 5.02 Å². The van der Waals surface area contributed by atoms with Gasteiger partial charge in [-0.15, -0.1) is 0 Å². The molecule has 2 heterocycles. The van der Waals surface area contributed by atoms with E-state index in [1.807, 2.05) is 13.8 Å². The van der Waals surface area contributed by atoms with Gasteiger partial charge in [-0.05, 0) is 29.8 Å². The molecule has 0 bridgehead atoms. The lowest BCUT2D eigenvalue weighted by molar-refractivity contribution is 0.107. The highest BCUT2D eigenvalue weighted by atomic mass is 35.5. The molecule has 112 valence electrons. The number of carbonyl (C=O) groups excluding carboxylic acids is 1. The smallest absolute Gasteiger partial charge is 0.271 e. The van der Waals surface area contributed by atoms with E-state index in [1.165, 1.54) is 30.3 Å². The van der Waals surface area contributed by atoms with E-state index in [0.717, 1.165) is 0 Å². The van der Waals surface area contributed by atoms with Gasteiger partial charge in [0.15, 0.2) is 5.82 Å². The average molecular weight is 329 g/mol. The van der Waals surface area contributed by atoms with E-state index in [0.29, 0.717) is 16.5 Å². The van der Waals surface area contributed by atoms with E-state index < -0.39 is 5.24 Å². The molecule has 0 aromatic carbocycles. The Morgan fingerprint density at radius 1 is 1.48 bits per heavy atom. The first-order valence-corrected chi connectivity index (χ1v) is 6.86. The molecule has 2 aromatic heterocycles. The monoisotopic (exact) mass is 328 g/mol. The summed E-state index contributed by atoms with van der Waals surface area (Å²) in [6.45, 7) is 4.00. The summed E-state index contributed by atoms with van der Waals surface area (Å²) in [5.41, 5.74) is 0.535. The van der Waals surface area contributed by atoms with Crippen molar-refractivity contribution in [2.75, 3.05) is 7.11 Å². The fourth-order valence-electron chi connectivity index (χ4n) is 1.40. The Morgan fingerprint density at radius 2 is 2.19 bits per heavy atom. The maximum Gasteiger partial charge on any atom is 0.271 e. The zero-order valence-corrected chi connectivity index (χ0v) is 13.3. The summed E-state index contributed by atoms with van der Waals surface area (Å²) in [7, 11) is 1.40. The van der Waals surface area contributed by atoms with Gasteiger partial charge in [0.2, 0.25) is 0 Å². The Kier molecular flexibility index (Phi) is 6.84. The van der Waals surface area contributed by atoms with Gasteiger partial charge in [-0.1, -0.05) is 30.6 Å². The molecule has 0 unspecified atom stereocenters. The van der Waals surface area contributed by atoms with Crippen molar-refractivity contribution in [2.24, 2.45) is 5.16 Å². The molecular formula is C13H14Cl2N4O2. The van der Waals surface area contributed by atoms with Crippen LogP contribution in [0.4, 0.5) is 0 Å². The van der Waals surface area contributed by atoms with Gasteiger partial charge >= 0.3 is 0 Å². The molecule has 0 radical (unpaired) electrons. The Labute approximate surface area is 132 Å². The van der Waals surface area contributed by atoms with Gasteiger partial charge in [0.1, 0.15) is 18.5 Å². The second kappa shape index (κ2) is 8.39. The van der Waals surface area contributed by atoms with Crippen molar-refractivity contribution in [3.05, 3.63) is 40.8 Å². The fourth-order valence-corrected chi connectivity index (χ4v) is 1.74. The molecule has 0 saturated heterocycles. The SMILES string of the molecule is CC.CO/N=C/c1cc(C(=O)Cl)n(-c2ncccc2Cl)n1. The zero-order valence-electron chi connectivity index (χ0n) is 11.7. The van der Waals surface area contributed by atoms with Gasteiger partial charge in [-0.2, -0.15) is 5.10 Å². The molecule has 0 fully saturated rings. The highest BCUT2D eigenvalue weighted by Gasteiger charge is 2.16. The maximum absolute atomic E-state index is 11.4. The number of halogens is 2. The number of rotatable bonds is 4. The average Bonchev–Trinajstić information content (AvgIpc) is 2.92. The molecule has 0 N–H and O–H groups in total. The number of hydrogen-bond donors (Lipinski definition) is 0. The maximum atomic E-state index is 11.4. The molecule has 0 atom stereocenters. The van der Waals surface area contributed by atoms with Gasteiger partial charge in [-0.25, -0.2) is 9.67 Å². The van der Waals surface area contributed by atoms with E-state index in [1.54, 1.807) is 12.1 Å². The number of pyridine rings is 1. The zero-order chi connectivity index (χ0) is 15.8. The summed E-state index contributed by atoms with van der Waals surface area (Å²) in [5.74, 6) is 0.310. The second-order valence-electron chi connectivity index (χ2n) is 3.37. The Bertz CT molecular complexity index is 641. The summed E-state index contributed by atoms with van der Waals surface area (Å²) in [6, 6.07) is 4.77. The number of nitrogens with zero attached hydrogens (tertiary/aromatic N) is 4. The first-order chi connectivity index (χ1) is 10.1. The van der Waals surface area contributed by atoms with Crippen molar-refractivity contribution in [2.45, 2.75) is 13.8 Å². The second-order valence-corrected chi connectivity index (χ2v) is 4.12.